The fraction of sp³-hybridized carbons (Fsp3) is 0.263. The molecular weight excluding hydrogens is 337 g/mol. The van der Waals surface area contributed by atoms with Crippen LogP contribution in [0.15, 0.2) is 48.5 Å². The molecule has 1 heterocycles. The first-order valence-corrected chi connectivity index (χ1v) is 8.76. The van der Waals surface area contributed by atoms with E-state index in [0.29, 0.717) is 0 Å². The van der Waals surface area contributed by atoms with Crippen LogP contribution in [0.25, 0.3) is 0 Å². The third-order valence-corrected chi connectivity index (χ3v) is 4.37. The van der Waals surface area contributed by atoms with Crippen LogP contribution in [0, 0.1) is 5.82 Å². The lowest BCUT2D eigenvalue weighted by molar-refractivity contribution is 0.0977. The first-order chi connectivity index (χ1) is 12.1. The first kappa shape index (κ1) is 17.4. The Labute approximate surface area is 152 Å². The van der Waals surface area contributed by atoms with Gasteiger partial charge >= 0.3 is 0 Å². The van der Waals surface area contributed by atoms with Gasteiger partial charge in [0.25, 0.3) is 5.91 Å². The Hall–Kier alpha value is -2.47. The summed E-state index contributed by atoms with van der Waals surface area (Å²) in [6.07, 6.45) is 3.61. The van der Waals surface area contributed by atoms with Crippen molar-refractivity contribution in [2.45, 2.75) is 19.3 Å². The number of para-hydroxylation sites is 2. The quantitative estimate of drug-likeness (QED) is 0.817. The van der Waals surface area contributed by atoms with Gasteiger partial charge in [-0.3, -0.25) is 10.1 Å². The zero-order chi connectivity index (χ0) is 17.6. The van der Waals surface area contributed by atoms with Crippen molar-refractivity contribution in [3.8, 4) is 0 Å². The number of hydrogen-bond acceptors (Lipinski definition) is 3. The molecule has 0 saturated carbocycles. The molecule has 0 aromatic heterocycles. The summed E-state index contributed by atoms with van der Waals surface area (Å²) in [6.45, 7) is 2.03. The van der Waals surface area contributed by atoms with Gasteiger partial charge in [-0.15, -0.1) is 0 Å². The summed E-state index contributed by atoms with van der Waals surface area (Å²) in [4.78, 5) is 14.5. The van der Waals surface area contributed by atoms with E-state index in [4.69, 9.17) is 12.2 Å². The summed E-state index contributed by atoms with van der Waals surface area (Å²) < 4.78 is 13.2. The fourth-order valence-electron chi connectivity index (χ4n) is 2.95. The minimum absolute atomic E-state index is 0.193. The Bertz CT molecular complexity index is 775. The number of nitrogens with one attached hydrogen (secondary N) is 2. The van der Waals surface area contributed by atoms with E-state index in [0.717, 1.165) is 24.5 Å². The maximum Gasteiger partial charge on any atom is 0.257 e. The second kappa shape index (κ2) is 8.07. The van der Waals surface area contributed by atoms with Gasteiger partial charge in [0, 0.05) is 18.7 Å². The number of piperidine rings is 1. The van der Waals surface area contributed by atoms with Crippen LogP contribution in [-0.2, 0) is 0 Å². The second-order valence-electron chi connectivity index (χ2n) is 5.98. The third-order valence-electron chi connectivity index (χ3n) is 4.16. The maximum atomic E-state index is 13.2. The molecule has 1 fully saturated rings. The predicted octanol–water partition coefficient (Wildman–Crippen LogP) is 3.94. The van der Waals surface area contributed by atoms with Gasteiger partial charge in [0.2, 0.25) is 0 Å². The highest BCUT2D eigenvalue weighted by Crippen LogP contribution is 2.28. The largest absolute Gasteiger partial charge is 0.370 e. The number of rotatable bonds is 3. The number of anilines is 2. The van der Waals surface area contributed by atoms with Gasteiger partial charge < -0.3 is 10.2 Å². The van der Waals surface area contributed by atoms with Crippen LogP contribution in [0.2, 0.25) is 0 Å². The van der Waals surface area contributed by atoms with Crippen LogP contribution < -0.4 is 15.5 Å². The zero-order valence-electron chi connectivity index (χ0n) is 13.8. The van der Waals surface area contributed by atoms with Gasteiger partial charge in [-0.05, 0) is 61.8 Å². The molecule has 6 heteroatoms. The van der Waals surface area contributed by atoms with Crippen molar-refractivity contribution in [1.82, 2.24) is 5.32 Å². The summed E-state index contributed by atoms with van der Waals surface area (Å²) in [5, 5.41) is 5.88. The van der Waals surface area contributed by atoms with E-state index < -0.39 is 11.7 Å². The van der Waals surface area contributed by atoms with Crippen molar-refractivity contribution in [1.29, 1.82) is 0 Å². The van der Waals surface area contributed by atoms with E-state index in [1.165, 1.54) is 37.5 Å². The number of nitrogens with zero attached hydrogens (tertiary/aromatic N) is 1. The minimum atomic E-state index is -0.457. The molecule has 0 spiro atoms. The molecule has 1 saturated heterocycles. The summed E-state index contributed by atoms with van der Waals surface area (Å²) in [5.74, 6) is -0.894. The average molecular weight is 357 g/mol. The second-order valence-corrected chi connectivity index (χ2v) is 6.39. The molecule has 1 amide bonds. The lowest BCUT2D eigenvalue weighted by Crippen LogP contribution is -2.35. The Kier molecular flexibility index (Phi) is 5.60. The molecule has 1 aliphatic heterocycles. The van der Waals surface area contributed by atoms with Crippen LogP contribution in [0.4, 0.5) is 15.8 Å². The van der Waals surface area contributed by atoms with Crippen LogP contribution in [0.3, 0.4) is 0 Å². The number of halogens is 1. The topological polar surface area (TPSA) is 44.4 Å². The number of carbonyl (C=O) groups excluding carboxylic acids is 1. The standard InChI is InChI=1S/C19H20FN3OS/c20-15-8-6-7-14(13-15)18(24)22-19(25)21-16-9-2-3-10-17(16)23-11-4-1-5-12-23/h2-3,6-10,13H,1,4-5,11-12H2,(H2,21,22,24,25). The van der Waals surface area contributed by atoms with E-state index in [9.17, 15) is 9.18 Å². The van der Waals surface area contributed by atoms with Crippen molar-refractivity contribution >= 4 is 34.6 Å². The Morgan fingerprint density at radius 2 is 1.80 bits per heavy atom. The van der Waals surface area contributed by atoms with Crippen LogP contribution >= 0.6 is 12.2 Å². The summed E-state index contributed by atoms with van der Waals surface area (Å²) in [6, 6.07) is 13.4. The summed E-state index contributed by atoms with van der Waals surface area (Å²) in [5.41, 5.74) is 2.16. The molecule has 0 bridgehead atoms. The highest BCUT2D eigenvalue weighted by Gasteiger charge is 2.15. The zero-order valence-corrected chi connectivity index (χ0v) is 14.6. The van der Waals surface area contributed by atoms with Gasteiger partial charge in [0.15, 0.2) is 5.11 Å². The van der Waals surface area contributed by atoms with Gasteiger partial charge in [-0.1, -0.05) is 18.2 Å². The fourth-order valence-corrected chi connectivity index (χ4v) is 3.15. The highest BCUT2D eigenvalue weighted by molar-refractivity contribution is 7.80. The molecule has 4 nitrogen and oxygen atoms in total. The molecule has 0 atom stereocenters. The van der Waals surface area contributed by atoms with Crippen molar-refractivity contribution in [3.05, 3.63) is 59.9 Å². The van der Waals surface area contributed by atoms with Gasteiger partial charge in [-0.2, -0.15) is 0 Å². The maximum absolute atomic E-state index is 13.2. The molecule has 0 aliphatic carbocycles. The third kappa shape index (κ3) is 4.54. The number of amides is 1. The van der Waals surface area contributed by atoms with Gasteiger partial charge in [0.1, 0.15) is 5.82 Å². The van der Waals surface area contributed by atoms with E-state index in [1.807, 2.05) is 24.3 Å². The van der Waals surface area contributed by atoms with Crippen LogP contribution in [-0.4, -0.2) is 24.1 Å². The van der Waals surface area contributed by atoms with E-state index in [2.05, 4.69) is 15.5 Å². The first-order valence-electron chi connectivity index (χ1n) is 8.35. The lowest BCUT2D eigenvalue weighted by atomic mass is 10.1. The number of benzene rings is 2. The van der Waals surface area contributed by atoms with E-state index >= 15 is 0 Å². The monoisotopic (exact) mass is 357 g/mol. The predicted molar refractivity (Wildman–Crippen MR) is 103 cm³/mol. The SMILES string of the molecule is O=C(NC(=S)Nc1ccccc1N1CCCCC1)c1cccc(F)c1. The van der Waals surface area contributed by atoms with Crippen molar-refractivity contribution in [2.24, 2.45) is 0 Å². The van der Waals surface area contributed by atoms with Gasteiger partial charge in [-0.25, -0.2) is 4.39 Å². The van der Waals surface area contributed by atoms with Crippen molar-refractivity contribution < 1.29 is 9.18 Å². The minimum Gasteiger partial charge on any atom is -0.370 e. The van der Waals surface area contributed by atoms with Gasteiger partial charge in [0.05, 0.1) is 11.4 Å². The van der Waals surface area contributed by atoms with Crippen molar-refractivity contribution in [3.63, 3.8) is 0 Å². The van der Waals surface area contributed by atoms with Crippen LogP contribution in [0.1, 0.15) is 29.6 Å². The summed E-state index contributed by atoms with van der Waals surface area (Å²) >= 11 is 5.25. The highest BCUT2D eigenvalue weighted by atomic mass is 32.1. The Balaban J connectivity index is 1.68. The molecular formula is C19H20FN3OS. The van der Waals surface area contributed by atoms with E-state index in [1.54, 1.807) is 6.07 Å². The Morgan fingerprint density at radius 3 is 2.56 bits per heavy atom. The number of thiocarbonyl (C=S) groups is 1. The number of carbonyl (C=O) groups is 1. The molecule has 2 aromatic rings. The molecule has 1 aliphatic rings. The number of hydrogen-bond donors (Lipinski definition) is 2. The van der Waals surface area contributed by atoms with Crippen LogP contribution in [0.5, 0.6) is 0 Å². The molecule has 25 heavy (non-hydrogen) atoms. The van der Waals surface area contributed by atoms with Crippen molar-refractivity contribution in [2.75, 3.05) is 23.3 Å². The smallest absolute Gasteiger partial charge is 0.257 e. The average Bonchev–Trinajstić information content (AvgIpc) is 2.63. The molecule has 2 aromatic carbocycles. The molecule has 2 N–H and O–H groups in total. The summed E-state index contributed by atoms with van der Waals surface area (Å²) in [7, 11) is 0. The van der Waals surface area contributed by atoms with E-state index in [-0.39, 0.29) is 10.7 Å². The normalized spacial score (nSPS) is 14.0. The molecule has 3 rings (SSSR count). The molecule has 0 radical (unpaired) electrons. The molecule has 130 valence electrons. The lowest BCUT2D eigenvalue weighted by Gasteiger charge is -2.30. The molecule has 0 unspecified atom stereocenters. The Morgan fingerprint density at radius 1 is 1.04 bits per heavy atom.